The monoisotopic (exact) mass is 547 g/mol. The highest BCUT2D eigenvalue weighted by Crippen LogP contribution is 2.27. The van der Waals surface area contributed by atoms with E-state index in [1.807, 2.05) is 26.0 Å². The first-order valence-corrected chi connectivity index (χ1v) is 12.4. The van der Waals surface area contributed by atoms with Gasteiger partial charge in [0.25, 0.3) is 15.9 Å². The van der Waals surface area contributed by atoms with Crippen LogP contribution in [0, 0.1) is 13.8 Å². The van der Waals surface area contributed by atoms with Crippen LogP contribution in [0.25, 0.3) is 0 Å². The summed E-state index contributed by atoms with van der Waals surface area (Å²) in [6.45, 7) is 3.72. The Hall–Kier alpha value is -2.95. The lowest BCUT2D eigenvalue weighted by atomic mass is 10.1. The highest BCUT2D eigenvalue weighted by atomic mass is 79.9. The number of aryl methyl sites for hydroxylation is 2. The molecule has 0 fully saturated rings. The van der Waals surface area contributed by atoms with Crippen molar-refractivity contribution in [2.75, 3.05) is 17.1 Å². The lowest BCUT2D eigenvalue weighted by molar-refractivity contribution is 0.0977. The van der Waals surface area contributed by atoms with Gasteiger partial charge in [0, 0.05) is 15.7 Å². The van der Waals surface area contributed by atoms with E-state index in [2.05, 4.69) is 31.3 Å². The van der Waals surface area contributed by atoms with Crippen LogP contribution in [0.15, 0.2) is 70.0 Å². The fourth-order valence-corrected chi connectivity index (χ4v) is 4.80. The second-order valence-corrected chi connectivity index (χ2v) is 10.2. The quantitative estimate of drug-likeness (QED) is 0.375. The molecule has 33 heavy (non-hydrogen) atoms. The van der Waals surface area contributed by atoms with Gasteiger partial charge in [-0.05, 0) is 102 Å². The van der Waals surface area contributed by atoms with Gasteiger partial charge in [-0.15, -0.1) is 0 Å². The molecule has 10 heteroatoms. The third-order valence-electron chi connectivity index (χ3n) is 4.54. The van der Waals surface area contributed by atoms with Gasteiger partial charge in [-0.2, -0.15) is 0 Å². The van der Waals surface area contributed by atoms with Crippen molar-refractivity contribution < 1.29 is 17.9 Å². The van der Waals surface area contributed by atoms with Crippen LogP contribution in [-0.4, -0.2) is 26.5 Å². The number of rotatable bonds is 6. The van der Waals surface area contributed by atoms with Gasteiger partial charge in [-0.1, -0.05) is 12.1 Å². The second-order valence-electron chi connectivity index (χ2n) is 7.26. The summed E-state index contributed by atoms with van der Waals surface area (Å²) in [5.41, 5.74) is 3.01. The summed E-state index contributed by atoms with van der Waals surface area (Å²) in [6.07, 6.45) is 0. The molecule has 0 aromatic heterocycles. The van der Waals surface area contributed by atoms with Crippen molar-refractivity contribution in [3.63, 3.8) is 0 Å². The molecule has 3 rings (SSSR count). The molecular weight excluding hydrogens is 526 g/mol. The van der Waals surface area contributed by atoms with E-state index in [4.69, 9.17) is 17.0 Å². The molecule has 3 N–H and O–H groups in total. The molecule has 0 aliphatic carbocycles. The summed E-state index contributed by atoms with van der Waals surface area (Å²) < 4.78 is 34.2. The lowest BCUT2D eigenvalue weighted by Crippen LogP contribution is -2.34. The molecule has 3 aromatic carbocycles. The molecule has 0 saturated heterocycles. The molecule has 172 valence electrons. The predicted molar refractivity (Wildman–Crippen MR) is 138 cm³/mol. The van der Waals surface area contributed by atoms with E-state index in [1.165, 1.54) is 19.2 Å². The van der Waals surface area contributed by atoms with E-state index >= 15 is 0 Å². The van der Waals surface area contributed by atoms with Gasteiger partial charge >= 0.3 is 0 Å². The number of hydrogen-bond donors (Lipinski definition) is 3. The highest BCUT2D eigenvalue weighted by molar-refractivity contribution is 9.10. The minimum atomic E-state index is -3.85. The second kappa shape index (κ2) is 10.3. The van der Waals surface area contributed by atoms with Gasteiger partial charge in [0.2, 0.25) is 0 Å². The molecule has 0 heterocycles. The van der Waals surface area contributed by atoms with Crippen LogP contribution in [0.2, 0.25) is 0 Å². The van der Waals surface area contributed by atoms with Gasteiger partial charge in [-0.25, -0.2) is 8.42 Å². The number of sulfonamides is 1. The minimum Gasteiger partial charge on any atom is -0.497 e. The molecule has 0 unspecified atom stereocenters. The first-order valence-electron chi connectivity index (χ1n) is 9.74. The van der Waals surface area contributed by atoms with E-state index in [-0.39, 0.29) is 10.0 Å². The topological polar surface area (TPSA) is 96.5 Å². The SMILES string of the molecule is COc1cc(C)cc(C(=O)NC(=S)Nc2cccc(S(=O)(=O)Nc3cc(C)ccc3Br)c2)c1. The maximum Gasteiger partial charge on any atom is 0.262 e. The number of carbonyl (C=O) groups excluding carboxylic acids is 1. The van der Waals surface area contributed by atoms with Crippen molar-refractivity contribution in [3.05, 3.63) is 81.8 Å². The van der Waals surface area contributed by atoms with E-state index < -0.39 is 15.9 Å². The predicted octanol–water partition coefficient (Wildman–Crippen LogP) is 5.00. The van der Waals surface area contributed by atoms with Crippen LogP contribution < -0.4 is 20.1 Å². The van der Waals surface area contributed by atoms with Crippen LogP contribution in [0.1, 0.15) is 21.5 Å². The van der Waals surface area contributed by atoms with E-state index in [1.54, 1.807) is 36.4 Å². The first kappa shape index (κ1) is 24.7. The van der Waals surface area contributed by atoms with Crippen molar-refractivity contribution >= 4 is 60.6 Å². The average Bonchev–Trinajstić information content (AvgIpc) is 2.75. The zero-order chi connectivity index (χ0) is 24.2. The van der Waals surface area contributed by atoms with Gasteiger partial charge in [0.05, 0.1) is 17.7 Å². The normalized spacial score (nSPS) is 10.9. The zero-order valence-electron chi connectivity index (χ0n) is 18.1. The first-order chi connectivity index (χ1) is 15.6. The number of hydrogen-bond acceptors (Lipinski definition) is 5. The third kappa shape index (κ3) is 6.53. The van der Waals surface area contributed by atoms with Crippen molar-refractivity contribution in [2.24, 2.45) is 0 Å². The Kier molecular flexibility index (Phi) is 7.72. The fraction of sp³-hybridized carbons (Fsp3) is 0.130. The molecular formula is C23H22BrN3O4S2. The van der Waals surface area contributed by atoms with Crippen molar-refractivity contribution in [3.8, 4) is 5.75 Å². The molecule has 0 saturated carbocycles. The Labute approximate surface area is 206 Å². The Balaban J connectivity index is 1.73. The van der Waals surface area contributed by atoms with Gasteiger partial charge in [0.1, 0.15) is 5.75 Å². The van der Waals surface area contributed by atoms with Crippen molar-refractivity contribution in [2.45, 2.75) is 18.7 Å². The highest BCUT2D eigenvalue weighted by Gasteiger charge is 2.17. The van der Waals surface area contributed by atoms with Crippen LogP contribution in [0.5, 0.6) is 5.75 Å². The lowest BCUT2D eigenvalue weighted by Gasteiger charge is -2.13. The van der Waals surface area contributed by atoms with E-state index in [0.29, 0.717) is 27.2 Å². The third-order valence-corrected chi connectivity index (χ3v) is 6.80. The number of ether oxygens (including phenoxy) is 1. The van der Waals surface area contributed by atoms with Gasteiger partial charge in [-0.3, -0.25) is 14.8 Å². The van der Waals surface area contributed by atoms with Crippen molar-refractivity contribution in [1.29, 1.82) is 0 Å². The van der Waals surface area contributed by atoms with Crippen LogP contribution in [0.4, 0.5) is 11.4 Å². The molecule has 0 spiro atoms. The zero-order valence-corrected chi connectivity index (χ0v) is 21.3. The van der Waals surface area contributed by atoms with Crippen molar-refractivity contribution in [1.82, 2.24) is 5.32 Å². The van der Waals surface area contributed by atoms with Crippen LogP contribution >= 0.6 is 28.1 Å². The summed E-state index contributed by atoms with van der Waals surface area (Å²) in [4.78, 5) is 12.6. The number of nitrogens with one attached hydrogen (secondary N) is 3. The number of halogens is 1. The van der Waals surface area contributed by atoms with E-state index in [0.717, 1.165) is 11.1 Å². The van der Waals surface area contributed by atoms with Gasteiger partial charge in [0.15, 0.2) is 5.11 Å². The maximum atomic E-state index is 12.9. The molecule has 0 atom stereocenters. The summed E-state index contributed by atoms with van der Waals surface area (Å²) in [5.74, 6) is 0.147. The molecule has 0 aliphatic heterocycles. The Morgan fingerprint density at radius 3 is 2.48 bits per heavy atom. The molecule has 3 aromatic rings. The Morgan fingerprint density at radius 2 is 1.76 bits per heavy atom. The summed E-state index contributed by atoms with van der Waals surface area (Å²) in [6, 6.07) is 16.6. The largest absolute Gasteiger partial charge is 0.497 e. The summed E-state index contributed by atoms with van der Waals surface area (Å²) in [7, 11) is -2.33. The van der Waals surface area contributed by atoms with Crippen LogP contribution in [0.3, 0.4) is 0 Å². The van der Waals surface area contributed by atoms with Crippen LogP contribution in [-0.2, 0) is 10.0 Å². The Morgan fingerprint density at radius 1 is 1.00 bits per heavy atom. The number of amides is 1. The number of benzene rings is 3. The summed E-state index contributed by atoms with van der Waals surface area (Å²) in [5, 5.41) is 5.47. The molecule has 0 bridgehead atoms. The number of thiocarbonyl (C=S) groups is 1. The fourth-order valence-electron chi connectivity index (χ4n) is 3.00. The summed E-state index contributed by atoms with van der Waals surface area (Å²) >= 11 is 8.59. The maximum absolute atomic E-state index is 12.9. The molecule has 7 nitrogen and oxygen atoms in total. The minimum absolute atomic E-state index is 0.0319. The van der Waals surface area contributed by atoms with Gasteiger partial charge < -0.3 is 10.1 Å². The number of methoxy groups -OCH3 is 1. The molecule has 1 amide bonds. The van der Waals surface area contributed by atoms with E-state index in [9.17, 15) is 13.2 Å². The molecule has 0 radical (unpaired) electrons. The number of carbonyl (C=O) groups is 1. The Bertz CT molecular complexity index is 1330. The smallest absolute Gasteiger partial charge is 0.262 e. The number of anilines is 2. The standard InChI is InChI=1S/C23H22BrN3O4S2/c1-14-7-8-20(24)21(11-14)27-33(29,30)19-6-4-5-17(13-19)25-23(32)26-22(28)16-9-15(2)10-18(12-16)31-3/h4-13,27H,1-3H3,(H2,25,26,28,32). The molecule has 0 aliphatic rings. The average molecular weight is 548 g/mol.